The summed E-state index contributed by atoms with van der Waals surface area (Å²) in [6, 6.07) is 29.2. The van der Waals surface area contributed by atoms with Gasteiger partial charge in [0.05, 0.1) is 16.8 Å². The predicted octanol–water partition coefficient (Wildman–Crippen LogP) is 8.95. The first-order valence-electron chi connectivity index (χ1n) is 17.8. The molecule has 2 bridgehead atoms. The van der Waals surface area contributed by atoms with E-state index in [1.807, 2.05) is 48.5 Å². The van der Waals surface area contributed by atoms with Crippen molar-refractivity contribution < 1.29 is 9.59 Å². The van der Waals surface area contributed by atoms with Crippen LogP contribution >= 0.6 is 0 Å². The number of anilines is 2. The van der Waals surface area contributed by atoms with Gasteiger partial charge in [-0.1, -0.05) is 93.8 Å². The number of benzene rings is 3. The number of aromatic nitrogens is 2. The van der Waals surface area contributed by atoms with Gasteiger partial charge in [0.1, 0.15) is 5.82 Å². The lowest BCUT2D eigenvalue weighted by molar-refractivity contribution is -0.142. The number of aryl methyl sites for hydroxylation is 1. The zero-order valence-electron chi connectivity index (χ0n) is 28.8. The topological polar surface area (TPSA) is 79.3 Å². The average molecular weight is 644 g/mol. The molecule has 2 saturated heterocycles. The lowest BCUT2D eigenvalue weighted by Crippen LogP contribution is -2.53. The minimum absolute atomic E-state index is 0.167. The smallest absolute Gasteiger partial charge is 0.324 e. The van der Waals surface area contributed by atoms with Crippen LogP contribution in [0.3, 0.4) is 0 Å². The zero-order valence-corrected chi connectivity index (χ0v) is 28.8. The number of nitrogens with one attached hydrogen (secondary N) is 2. The lowest BCUT2D eigenvalue weighted by Gasteiger charge is -2.44. The van der Waals surface area contributed by atoms with Crippen LogP contribution in [0.5, 0.6) is 0 Å². The number of urea groups is 1. The maximum Gasteiger partial charge on any atom is 0.324 e. The molecule has 3 amide bonds. The molecule has 0 radical (unpaired) electrons. The fourth-order valence-electron chi connectivity index (χ4n) is 8.50. The van der Waals surface area contributed by atoms with Crippen molar-refractivity contribution in [2.24, 2.45) is 5.92 Å². The van der Waals surface area contributed by atoms with E-state index < -0.39 is 0 Å². The first-order chi connectivity index (χ1) is 23.1. The van der Waals surface area contributed by atoms with Gasteiger partial charge < -0.3 is 10.2 Å². The van der Waals surface area contributed by atoms with E-state index in [0.29, 0.717) is 29.7 Å². The molecule has 2 N–H and O–H groups in total. The van der Waals surface area contributed by atoms with E-state index in [9.17, 15) is 9.59 Å². The summed E-state index contributed by atoms with van der Waals surface area (Å²) >= 11 is 0. The van der Waals surface area contributed by atoms with Crippen LogP contribution in [0.25, 0.3) is 5.69 Å². The summed E-state index contributed by atoms with van der Waals surface area (Å²) in [6.45, 7) is 8.41. The molecule has 4 aromatic rings. The van der Waals surface area contributed by atoms with Gasteiger partial charge in [-0.3, -0.25) is 10.1 Å². The van der Waals surface area contributed by atoms with Crippen LogP contribution in [-0.4, -0.2) is 38.7 Å². The number of carbonyl (C=O) groups excluding carboxylic acids is 2. The van der Waals surface area contributed by atoms with Crippen LogP contribution in [0.15, 0.2) is 84.9 Å². The number of hydrogen-bond donors (Lipinski definition) is 2. The highest BCUT2D eigenvalue weighted by molar-refractivity contribution is 5.99. The molecule has 3 fully saturated rings. The summed E-state index contributed by atoms with van der Waals surface area (Å²) < 4.78 is 1.80. The summed E-state index contributed by atoms with van der Waals surface area (Å²) in [5, 5.41) is 11.0. The molecule has 48 heavy (non-hydrogen) atoms. The standard InChI is InChI=1S/C41H49N5O2/c1-28-15-17-33(18-16-28)46-37(27-36(44-46)40(2,3)4)43-39(48)42-32-14-10-11-29(24-32)23-30-25-34-19-20-35(26-30)45(34)38(47)41(21-8-9-22-41)31-12-6-5-7-13-31/h5-7,10-18,24,27,30,34-35H,8-9,19-23,25-26H2,1-4H3,(H2,42,43,48). The van der Waals surface area contributed by atoms with E-state index >= 15 is 0 Å². The molecule has 2 atom stereocenters. The monoisotopic (exact) mass is 643 g/mol. The van der Waals surface area contributed by atoms with Crippen LogP contribution < -0.4 is 10.6 Å². The van der Waals surface area contributed by atoms with Gasteiger partial charge in [0, 0.05) is 29.3 Å². The molecular formula is C41H49N5O2. The van der Waals surface area contributed by atoms with Gasteiger partial charge in [-0.25, -0.2) is 9.48 Å². The van der Waals surface area contributed by atoms with Crippen LogP contribution in [0.1, 0.15) is 94.5 Å². The molecule has 250 valence electrons. The highest BCUT2D eigenvalue weighted by atomic mass is 16.2. The summed E-state index contributed by atoms with van der Waals surface area (Å²) in [5.41, 5.74) is 5.64. The Bertz CT molecular complexity index is 1750. The van der Waals surface area contributed by atoms with E-state index in [1.54, 1.807) is 4.68 Å². The summed E-state index contributed by atoms with van der Waals surface area (Å²) in [7, 11) is 0. The van der Waals surface area contributed by atoms with Crippen molar-refractivity contribution >= 4 is 23.4 Å². The third-order valence-electron chi connectivity index (χ3n) is 11.0. The first kappa shape index (κ1) is 32.2. The molecule has 7 nitrogen and oxygen atoms in total. The van der Waals surface area contributed by atoms with Crippen LogP contribution in [-0.2, 0) is 22.0 Å². The molecule has 7 heteroatoms. The highest BCUT2D eigenvalue weighted by Gasteiger charge is 2.51. The second-order valence-corrected chi connectivity index (χ2v) is 15.5. The predicted molar refractivity (Wildman–Crippen MR) is 193 cm³/mol. The SMILES string of the molecule is Cc1ccc(-n2nc(C(C)(C)C)cc2NC(=O)Nc2cccc(CC3CC4CCC(C3)N4C(=O)C3(c4ccccc4)CCCC3)c2)cc1. The van der Waals surface area contributed by atoms with E-state index in [0.717, 1.165) is 74.9 Å². The van der Waals surface area contributed by atoms with Gasteiger partial charge in [0.15, 0.2) is 0 Å². The minimum atomic E-state index is -0.346. The van der Waals surface area contributed by atoms with Gasteiger partial charge in [0.2, 0.25) is 5.91 Å². The van der Waals surface area contributed by atoms with Crippen molar-refractivity contribution in [3.63, 3.8) is 0 Å². The Labute approximate surface area is 285 Å². The van der Waals surface area contributed by atoms with Gasteiger partial charge in [-0.2, -0.15) is 5.10 Å². The fraction of sp³-hybridized carbons (Fsp3) is 0.439. The second-order valence-electron chi connectivity index (χ2n) is 15.5. The number of amides is 3. The molecule has 3 heterocycles. The zero-order chi connectivity index (χ0) is 33.5. The Balaban J connectivity index is 1.01. The van der Waals surface area contributed by atoms with Crippen LogP contribution in [0.4, 0.5) is 16.3 Å². The van der Waals surface area contributed by atoms with E-state index in [2.05, 4.69) is 79.6 Å². The van der Waals surface area contributed by atoms with Crippen molar-refractivity contribution in [2.75, 3.05) is 10.6 Å². The van der Waals surface area contributed by atoms with Gasteiger partial charge in [-0.15, -0.1) is 0 Å². The van der Waals surface area contributed by atoms with Crippen molar-refractivity contribution in [3.05, 3.63) is 107 Å². The largest absolute Gasteiger partial charge is 0.336 e. The average Bonchev–Trinajstić information content (AvgIpc) is 3.79. The summed E-state index contributed by atoms with van der Waals surface area (Å²) in [5.74, 6) is 1.53. The lowest BCUT2D eigenvalue weighted by atomic mass is 9.76. The number of piperidine rings is 1. The van der Waals surface area contributed by atoms with Crippen molar-refractivity contribution in [3.8, 4) is 5.69 Å². The van der Waals surface area contributed by atoms with E-state index in [1.165, 1.54) is 16.7 Å². The number of carbonyl (C=O) groups is 2. The summed E-state index contributed by atoms with van der Waals surface area (Å²) in [6.07, 6.45) is 9.45. The molecule has 0 spiro atoms. The Kier molecular flexibility index (Phi) is 8.65. The van der Waals surface area contributed by atoms with Gasteiger partial charge >= 0.3 is 6.03 Å². The molecule has 1 aliphatic carbocycles. The number of nitrogens with zero attached hydrogens (tertiary/aromatic N) is 3. The number of hydrogen-bond acceptors (Lipinski definition) is 3. The normalized spacial score (nSPS) is 21.7. The maximum atomic E-state index is 14.4. The Hall–Kier alpha value is -4.39. The van der Waals surface area contributed by atoms with E-state index in [4.69, 9.17) is 5.10 Å². The fourth-order valence-corrected chi connectivity index (χ4v) is 8.50. The molecule has 2 unspecified atom stereocenters. The minimum Gasteiger partial charge on any atom is -0.336 e. The Morgan fingerprint density at radius 1 is 0.854 bits per heavy atom. The highest BCUT2D eigenvalue weighted by Crippen LogP contribution is 2.48. The molecule has 7 rings (SSSR count). The molecule has 3 aliphatic rings. The van der Waals surface area contributed by atoms with Crippen molar-refractivity contribution in [1.82, 2.24) is 14.7 Å². The third-order valence-corrected chi connectivity index (χ3v) is 11.0. The van der Waals surface area contributed by atoms with Gasteiger partial charge in [0.25, 0.3) is 0 Å². The van der Waals surface area contributed by atoms with Crippen molar-refractivity contribution in [2.45, 2.75) is 108 Å². The Morgan fingerprint density at radius 3 is 2.21 bits per heavy atom. The summed E-state index contributed by atoms with van der Waals surface area (Å²) in [4.78, 5) is 30.0. The first-order valence-corrected chi connectivity index (χ1v) is 17.8. The number of rotatable bonds is 7. The molecule has 2 aliphatic heterocycles. The van der Waals surface area contributed by atoms with Gasteiger partial charge in [-0.05, 0) is 93.2 Å². The molecule has 1 aromatic heterocycles. The van der Waals surface area contributed by atoms with Crippen LogP contribution in [0.2, 0.25) is 0 Å². The second kappa shape index (κ2) is 12.9. The quantitative estimate of drug-likeness (QED) is 0.211. The molecule has 3 aromatic carbocycles. The molecule has 1 saturated carbocycles. The van der Waals surface area contributed by atoms with E-state index in [-0.39, 0.29) is 16.9 Å². The van der Waals surface area contributed by atoms with Crippen molar-refractivity contribution in [1.29, 1.82) is 0 Å². The third kappa shape index (κ3) is 6.39. The number of fused-ring (bicyclic) bond motifs is 2. The Morgan fingerprint density at radius 2 is 1.54 bits per heavy atom. The molecular weight excluding hydrogens is 594 g/mol. The van der Waals surface area contributed by atoms with Crippen LogP contribution in [0, 0.1) is 12.8 Å². The maximum absolute atomic E-state index is 14.4.